The summed E-state index contributed by atoms with van der Waals surface area (Å²) >= 11 is 0. The van der Waals surface area contributed by atoms with Crippen LogP contribution in [0.1, 0.15) is 5.56 Å². The van der Waals surface area contributed by atoms with Crippen LogP contribution in [0, 0.1) is 6.92 Å². The zero-order valence-electron chi connectivity index (χ0n) is 32.8. The lowest BCUT2D eigenvalue weighted by Gasteiger charge is -2.26. The van der Waals surface area contributed by atoms with Crippen molar-refractivity contribution in [1.82, 2.24) is 4.57 Å². The molecule has 11 aromatic rings. The summed E-state index contributed by atoms with van der Waals surface area (Å²) in [4.78, 5) is 2.35. The van der Waals surface area contributed by atoms with Gasteiger partial charge in [0.2, 0.25) is 0 Å². The average Bonchev–Trinajstić information content (AvgIpc) is 3.63. The molecule has 2 nitrogen and oxygen atoms in total. The van der Waals surface area contributed by atoms with Crippen LogP contribution >= 0.6 is 0 Å². The van der Waals surface area contributed by atoms with E-state index in [0.29, 0.717) is 0 Å². The number of hydrogen-bond donors (Lipinski definition) is 0. The lowest BCUT2D eigenvalue weighted by molar-refractivity contribution is 1.17. The predicted octanol–water partition coefficient (Wildman–Crippen LogP) is 15.9. The SMILES string of the molecule is Cc1ccc(-n2c3ccccc3c3cc(-c4ccc(N(c5ccccc5)c5ccc(-c6c7ccccc7c(-c7ccccc7)c7ccccc67)cc5)cc4)ccc32)cc1. The number of para-hydroxylation sites is 2. The molecule has 0 amide bonds. The summed E-state index contributed by atoms with van der Waals surface area (Å²) in [6.45, 7) is 2.14. The molecule has 0 unspecified atom stereocenters. The minimum absolute atomic E-state index is 1.10. The van der Waals surface area contributed by atoms with E-state index in [4.69, 9.17) is 0 Å². The van der Waals surface area contributed by atoms with Crippen LogP contribution in [0.5, 0.6) is 0 Å². The number of rotatable bonds is 7. The van der Waals surface area contributed by atoms with E-state index in [1.54, 1.807) is 0 Å². The van der Waals surface area contributed by atoms with Gasteiger partial charge in [-0.1, -0.05) is 163 Å². The van der Waals surface area contributed by atoms with Gasteiger partial charge in [-0.2, -0.15) is 0 Å². The average molecular weight is 753 g/mol. The van der Waals surface area contributed by atoms with Gasteiger partial charge in [-0.25, -0.2) is 0 Å². The van der Waals surface area contributed by atoms with Crippen molar-refractivity contribution in [3.05, 3.63) is 230 Å². The maximum absolute atomic E-state index is 2.38. The molecule has 0 radical (unpaired) electrons. The van der Waals surface area contributed by atoms with Gasteiger partial charge >= 0.3 is 0 Å². The van der Waals surface area contributed by atoms with E-state index in [9.17, 15) is 0 Å². The maximum atomic E-state index is 2.38. The third-order valence-corrected chi connectivity index (χ3v) is 11.8. The van der Waals surface area contributed by atoms with E-state index in [-0.39, 0.29) is 0 Å². The van der Waals surface area contributed by atoms with Gasteiger partial charge in [-0.05, 0) is 129 Å². The van der Waals surface area contributed by atoms with Crippen molar-refractivity contribution in [3.63, 3.8) is 0 Å². The molecule has 1 heterocycles. The highest BCUT2D eigenvalue weighted by atomic mass is 15.1. The molecule has 0 spiro atoms. The van der Waals surface area contributed by atoms with Crippen LogP contribution in [0.25, 0.3) is 82.4 Å². The second kappa shape index (κ2) is 14.4. The molecular weight excluding hydrogens is 713 g/mol. The first-order valence-electron chi connectivity index (χ1n) is 20.3. The highest BCUT2D eigenvalue weighted by molar-refractivity contribution is 6.21. The molecular formula is C57H40N2. The Bertz CT molecular complexity index is 3230. The summed E-state index contributed by atoms with van der Waals surface area (Å²) in [5.74, 6) is 0. The van der Waals surface area contributed by atoms with Gasteiger partial charge in [-0.3, -0.25) is 0 Å². The van der Waals surface area contributed by atoms with Crippen LogP contribution in [0.2, 0.25) is 0 Å². The number of benzene rings is 10. The summed E-state index contributed by atoms with van der Waals surface area (Å²) in [6.07, 6.45) is 0. The van der Waals surface area contributed by atoms with Gasteiger partial charge in [0.15, 0.2) is 0 Å². The molecule has 1 aromatic heterocycles. The van der Waals surface area contributed by atoms with Crippen molar-refractivity contribution in [1.29, 1.82) is 0 Å². The first-order valence-corrected chi connectivity index (χ1v) is 20.3. The topological polar surface area (TPSA) is 8.17 Å². The van der Waals surface area contributed by atoms with Crippen LogP contribution in [0.3, 0.4) is 0 Å². The second-order valence-corrected chi connectivity index (χ2v) is 15.4. The molecule has 0 bridgehead atoms. The predicted molar refractivity (Wildman–Crippen MR) is 252 cm³/mol. The first-order chi connectivity index (χ1) is 29.2. The monoisotopic (exact) mass is 752 g/mol. The van der Waals surface area contributed by atoms with Gasteiger partial charge in [-0.15, -0.1) is 0 Å². The Hall–Kier alpha value is -7.68. The highest BCUT2D eigenvalue weighted by Crippen LogP contribution is 2.45. The van der Waals surface area contributed by atoms with Crippen LogP contribution in [0.15, 0.2) is 224 Å². The van der Waals surface area contributed by atoms with E-state index < -0.39 is 0 Å². The molecule has 11 rings (SSSR count). The molecule has 0 saturated heterocycles. The largest absolute Gasteiger partial charge is 0.311 e. The number of aryl methyl sites for hydroxylation is 1. The van der Waals surface area contributed by atoms with Crippen LogP contribution in [0.4, 0.5) is 17.1 Å². The number of nitrogens with zero attached hydrogens (tertiary/aromatic N) is 2. The highest BCUT2D eigenvalue weighted by Gasteiger charge is 2.19. The van der Waals surface area contributed by atoms with Crippen molar-refractivity contribution in [3.8, 4) is 39.1 Å². The zero-order valence-corrected chi connectivity index (χ0v) is 32.8. The lowest BCUT2D eigenvalue weighted by atomic mass is 9.86. The van der Waals surface area contributed by atoms with Crippen molar-refractivity contribution in [2.45, 2.75) is 6.92 Å². The van der Waals surface area contributed by atoms with Crippen molar-refractivity contribution >= 4 is 60.4 Å². The molecule has 0 aliphatic carbocycles. The van der Waals surface area contributed by atoms with Crippen LogP contribution in [-0.2, 0) is 0 Å². The molecule has 2 heteroatoms. The standard InChI is InChI=1S/C57H40N2/c1-39-24-31-47(32-25-39)59-54-23-13-12-18-48(54)53-38-43(30-37-55(53)59)40-26-33-45(34-27-40)58(44-16-6-3-7-17-44)46-35-28-42(29-36-46)57-51-21-10-8-19-49(51)56(41-14-4-2-5-15-41)50-20-9-11-22-52(50)57/h2-38H,1H3. The smallest absolute Gasteiger partial charge is 0.0541 e. The van der Waals surface area contributed by atoms with Gasteiger partial charge in [0.1, 0.15) is 0 Å². The van der Waals surface area contributed by atoms with Crippen LogP contribution < -0.4 is 4.90 Å². The van der Waals surface area contributed by atoms with E-state index in [0.717, 1.165) is 17.1 Å². The third-order valence-electron chi connectivity index (χ3n) is 11.8. The fraction of sp³-hybridized carbons (Fsp3) is 0.0175. The van der Waals surface area contributed by atoms with Crippen molar-refractivity contribution in [2.24, 2.45) is 0 Å². The number of hydrogen-bond acceptors (Lipinski definition) is 1. The van der Waals surface area contributed by atoms with Crippen LogP contribution in [-0.4, -0.2) is 4.57 Å². The van der Waals surface area contributed by atoms with E-state index >= 15 is 0 Å². The Balaban J connectivity index is 0.984. The first kappa shape index (κ1) is 34.6. The fourth-order valence-electron chi connectivity index (χ4n) is 9.08. The molecule has 0 aliphatic rings. The summed E-state index contributed by atoms with van der Waals surface area (Å²) in [5, 5.41) is 7.55. The van der Waals surface area contributed by atoms with E-state index in [2.05, 4.69) is 241 Å². The van der Waals surface area contributed by atoms with E-state index in [1.165, 1.54) is 88.0 Å². The fourth-order valence-corrected chi connectivity index (χ4v) is 9.08. The Labute approximate surface area is 344 Å². The van der Waals surface area contributed by atoms with Gasteiger partial charge in [0.05, 0.1) is 11.0 Å². The molecule has 0 fully saturated rings. The normalized spacial score (nSPS) is 11.5. The minimum Gasteiger partial charge on any atom is -0.311 e. The lowest BCUT2D eigenvalue weighted by Crippen LogP contribution is -2.09. The Morgan fingerprint density at radius 1 is 0.305 bits per heavy atom. The summed E-state index contributed by atoms with van der Waals surface area (Å²) in [5.41, 5.74) is 15.5. The summed E-state index contributed by atoms with van der Waals surface area (Å²) < 4.78 is 2.38. The van der Waals surface area contributed by atoms with Crippen molar-refractivity contribution < 1.29 is 0 Å². The minimum atomic E-state index is 1.10. The quantitative estimate of drug-likeness (QED) is 0.147. The molecule has 10 aromatic carbocycles. The number of aromatic nitrogens is 1. The summed E-state index contributed by atoms with van der Waals surface area (Å²) in [6, 6.07) is 81.7. The van der Waals surface area contributed by atoms with Crippen molar-refractivity contribution in [2.75, 3.05) is 4.90 Å². The number of anilines is 3. The summed E-state index contributed by atoms with van der Waals surface area (Å²) in [7, 11) is 0. The molecule has 0 N–H and O–H groups in total. The Morgan fingerprint density at radius 2 is 0.729 bits per heavy atom. The number of fused-ring (bicyclic) bond motifs is 5. The Morgan fingerprint density at radius 3 is 1.31 bits per heavy atom. The molecule has 278 valence electrons. The second-order valence-electron chi connectivity index (χ2n) is 15.4. The molecule has 59 heavy (non-hydrogen) atoms. The zero-order chi connectivity index (χ0) is 39.3. The molecule has 0 aliphatic heterocycles. The van der Waals surface area contributed by atoms with Gasteiger partial charge < -0.3 is 9.47 Å². The van der Waals surface area contributed by atoms with E-state index in [1.807, 2.05) is 0 Å². The van der Waals surface area contributed by atoms with Gasteiger partial charge in [0.25, 0.3) is 0 Å². The Kier molecular flexibility index (Phi) is 8.41. The third kappa shape index (κ3) is 5.97. The molecule has 0 saturated carbocycles. The maximum Gasteiger partial charge on any atom is 0.0541 e. The molecule has 0 atom stereocenters. The van der Waals surface area contributed by atoms with Gasteiger partial charge in [0, 0.05) is 33.5 Å².